The molecule has 1 unspecified atom stereocenters. The summed E-state index contributed by atoms with van der Waals surface area (Å²) in [5.41, 5.74) is 0.718. The SMILES string of the molecule is O=C(O)CC(NC(=O)c1ccc(-c2ccc(F)cc2)s1)C(=O)O. The van der Waals surface area contributed by atoms with E-state index in [1.165, 1.54) is 18.2 Å². The van der Waals surface area contributed by atoms with E-state index >= 15 is 0 Å². The van der Waals surface area contributed by atoms with Crippen molar-refractivity contribution in [2.24, 2.45) is 0 Å². The Morgan fingerprint density at radius 2 is 1.74 bits per heavy atom. The molecule has 0 saturated heterocycles. The van der Waals surface area contributed by atoms with Crippen molar-refractivity contribution in [3.05, 3.63) is 47.1 Å². The Kier molecular flexibility index (Phi) is 5.07. The second-order valence-electron chi connectivity index (χ2n) is 4.63. The Hall–Kier alpha value is -2.74. The van der Waals surface area contributed by atoms with Crippen LogP contribution in [0.4, 0.5) is 4.39 Å². The number of rotatable bonds is 6. The minimum atomic E-state index is -1.50. The first-order chi connectivity index (χ1) is 10.9. The highest BCUT2D eigenvalue weighted by atomic mass is 32.1. The Balaban J connectivity index is 2.12. The van der Waals surface area contributed by atoms with E-state index in [9.17, 15) is 18.8 Å². The van der Waals surface area contributed by atoms with Gasteiger partial charge >= 0.3 is 11.9 Å². The molecule has 2 aromatic rings. The number of benzene rings is 1. The maximum atomic E-state index is 12.9. The minimum absolute atomic E-state index is 0.237. The molecule has 23 heavy (non-hydrogen) atoms. The molecule has 6 nitrogen and oxygen atoms in total. The topological polar surface area (TPSA) is 104 Å². The van der Waals surface area contributed by atoms with E-state index < -0.39 is 30.3 Å². The van der Waals surface area contributed by atoms with Gasteiger partial charge in [0.15, 0.2) is 0 Å². The third kappa shape index (κ3) is 4.36. The number of carbonyl (C=O) groups is 3. The number of nitrogens with one attached hydrogen (secondary N) is 1. The fraction of sp³-hybridized carbons (Fsp3) is 0.133. The maximum Gasteiger partial charge on any atom is 0.326 e. The largest absolute Gasteiger partial charge is 0.481 e. The third-order valence-corrected chi connectivity index (χ3v) is 4.07. The molecule has 0 spiro atoms. The zero-order valence-corrected chi connectivity index (χ0v) is 12.5. The number of carboxylic acids is 2. The van der Waals surface area contributed by atoms with E-state index in [0.717, 1.165) is 16.9 Å². The molecule has 3 N–H and O–H groups in total. The molecule has 0 aliphatic rings. The Labute approximate surface area is 134 Å². The van der Waals surface area contributed by atoms with Gasteiger partial charge in [0.05, 0.1) is 11.3 Å². The maximum absolute atomic E-state index is 12.9. The number of aliphatic carboxylic acids is 2. The third-order valence-electron chi connectivity index (χ3n) is 2.94. The van der Waals surface area contributed by atoms with Crippen LogP contribution in [0, 0.1) is 5.82 Å². The number of hydrogen-bond donors (Lipinski definition) is 3. The predicted octanol–water partition coefficient (Wildman–Crippen LogP) is 2.21. The van der Waals surface area contributed by atoms with Crippen LogP contribution in [0.1, 0.15) is 16.1 Å². The standard InChI is InChI=1S/C15H12FNO5S/c16-9-3-1-8(2-4-9)11-5-6-12(23-11)14(20)17-10(15(21)22)7-13(18)19/h1-6,10H,7H2,(H,17,20)(H,18,19)(H,21,22). The summed E-state index contributed by atoms with van der Waals surface area (Å²) in [6.07, 6.45) is -0.711. The summed E-state index contributed by atoms with van der Waals surface area (Å²) in [5.74, 6) is -3.79. The van der Waals surface area contributed by atoms with Gasteiger partial charge in [-0.25, -0.2) is 9.18 Å². The minimum Gasteiger partial charge on any atom is -0.481 e. The van der Waals surface area contributed by atoms with E-state index in [2.05, 4.69) is 5.32 Å². The second-order valence-corrected chi connectivity index (χ2v) is 5.72. The fourth-order valence-electron chi connectivity index (χ4n) is 1.83. The van der Waals surface area contributed by atoms with Gasteiger partial charge in [-0.15, -0.1) is 11.3 Å². The lowest BCUT2D eigenvalue weighted by Crippen LogP contribution is -2.41. The van der Waals surface area contributed by atoms with Crippen molar-refractivity contribution < 1.29 is 29.0 Å². The lowest BCUT2D eigenvalue weighted by atomic mass is 10.2. The average Bonchev–Trinajstić information content (AvgIpc) is 2.96. The van der Waals surface area contributed by atoms with Crippen molar-refractivity contribution in [2.75, 3.05) is 0 Å². The predicted molar refractivity (Wildman–Crippen MR) is 80.9 cm³/mol. The number of carbonyl (C=O) groups excluding carboxylic acids is 1. The molecule has 1 amide bonds. The van der Waals surface area contributed by atoms with E-state index in [0.29, 0.717) is 4.88 Å². The molecule has 2 rings (SSSR count). The summed E-state index contributed by atoms with van der Waals surface area (Å²) in [4.78, 5) is 34.5. The van der Waals surface area contributed by atoms with Gasteiger partial charge in [0.1, 0.15) is 11.9 Å². The molecule has 0 aliphatic carbocycles. The summed E-state index contributed by atoms with van der Waals surface area (Å²) in [6.45, 7) is 0. The van der Waals surface area contributed by atoms with E-state index in [1.54, 1.807) is 18.2 Å². The van der Waals surface area contributed by atoms with Gasteiger partial charge in [-0.2, -0.15) is 0 Å². The van der Waals surface area contributed by atoms with Crippen molar-refractivity contribution in [1.29, 1.82) is 0 Å². The number of hydrogen-bond acceptors (Lipinski definition) is 4. The van der Waals surface area contributed by atoms with Crippen LogP contribution in [0.15, 0.2) is 36.4 Å². The first kappa shape index (κ1) is 16.6. The molecule has 1 aromatic carbocycles. The zero-order valence-electron chi connectivity index (χ0n) is 11.7. The summed E-state index contributed by atoms with van der Waals surface area (Å²) >= 11 is 1.10. The van der Waals surface area contributed by atoms with Crippen LogP contribution in [0.5, 0.6) is 0 Å². The Bertz CT molecular complexity index is 741. The van der Waals surface area contributed by atoms with Crippen LogP contribution in [0.25, 0.3) is 10.4 Å². The van der Waals surface area contributed by atoms with Gasteiger partial charge in [-0.05, 0) is 29.8 Å². The lowest BCUT2D eigenvalue weighted by molar-refractivity contribution is -0.145. The van der Waals surface area contributed by atoms with Gasteiger partial charge in [0, 0.05) is 4.88 Å². The van der Waals surface area contributed by atoms with Gasteiger partial charge < -0.3 is 15.5 Å². The molecule has 0 fully saturated rings. The normalized spacial score (nSPS) is 11.7. The number of thiophene rings is 1. The molecule has 120 valence electrons. The first-order valence-electron chi connectivity index (χ1n) is 6.48. The quantitative estimate of drug-likeness (QED) is 0.750. The molecule has 1 heterocycles. The van der Waals surface area contributed by atoms with E-state index in [1.807, 2.05) is 0 Å². The molecule has 1 aromatic heterocycles. The highest BCUT2D eigenvalue weighted by Gasteiger charge is 2.24. The first-order valence-corrected chi connectivity index (χ1v) is 7.29. The van der Waals surface area contributed by atoms with Gasteiger partial charge in [0.2, 0.25) is 0 Å². The van der Waals surface area contributed by atoms with Gasteiger partial charge in [-0.1, -0.05) is 12.1 Å². The molecule has 0 bridgehead atoms. The van der Waals surface area contributed by atoms with Crippen LogP contribution < -0.4 is 5.32 Å². The van der Waals surface area contributed by atoms with Crippen LogP contribution in [0.3, 0.4) is 0 Å². The summed E-state index contributed by atoms with van der Waals surface area (Å²) in [7, 11) is 0. The highest BCUT2D eigenvalue weighted by Crippen LogP contribution is 2.28. The molecule has 1 atom stereocenters. The smallest absolute Gasteiger partial charge is 0.326 e. The van der Waals surface area contributed by atoms with E-state index in [4.69, 9.17) is 10.2 Å². The number of halogens is 1. The van der Waals surface area contributed by atoms with Crippen LogP contribution in [-0.4, -0.2) is 34.1 Å². The fourth-order valence-corrected chi connectivity index (χ4v) is 2.75. The molecule has 0 aliphatic heterocycles. The number of amides is 1. The van der Waals surface area contributed by atoms with Crippen LogP contribution in [0.2, 0.25) is 0 Å². The lowest BCUT2D eigenvalue weighted by Gasteiger charge is -2.11. The summed E-state index contributed by atoms with van der Waals surface area (Å²) < 4.78 is 12.9. The highest BCUT2D eigenvalue weighted by molar-refractivity contribution is 7.17. The Morgan fingerprint density at radius 1 is 1.09 bits per heavy atom. The van der Waals surface area contributed by atoms with Crippen molar-refractivity contribution >= 4 is 29.2 Å². The summed E-state index contributed by atoms with van der Waals surface area (Å²) in [6, 6.07) is 7.36. The van der Waals surface area contributed by atoms with Gasteiger partial charge in [0.25, 0.3) is 5.91 Å². The van der Waals surface area contributed by atoms with Crippen molar-refractivity contribution in [2.45, 2.75) is 12.5 Å². The number of carboxylic acid groups (broad SMARTS) is 2. The van der Waals surface area contributed by atoms with Crippen LogP contribution >= 0.6 is 11.3 Å². The second kappa shape index (κ2) is 7.01. The Morgan fingerprint density at radius 3 is 2.30 bits per heavy atom. The van der Waals surface area contributed by atoms with Crippen LogP contribution in [-0.2, 0) is 9.59 Å². The van der Waals surface area contributed by atoms with Gasteiger partial charge in [-0.3, -0.25) is 9.59 Å². The van der Waals surface area contributed by atoms with Crippen molar-refractivity contribution in [3.63, 3.8) is 0 Å². The summed E-state index contributed by atoms with van der Waals surface area (Å²) in [5, 5.41) is 19.7. The van der Waals surface area contributed by atoms with Crippen molar-refractivity contribution in [3.8, 4) is 10.4 Å². The zero-order chi connectivity index (χ0) is 17.0. The monoisotopic (exact) mass is 337 g/mol. The molecular weight excluding hydrogens is 325 g/mol. The molecular formula is C15H12FNO5S. The molecule has 0 radical (unpaired) electrons. The average molecular weight is 337 g/mol. The molecule has 0 saturated carbocycles. The van der Waals surface area contributed by atoms with Crippen molar-refractivity contribution in [1.82, 2.24) is 5.32 Å². The van der Waals surface area contributed by atoms with E-state index in [-0.39, 0.29) is 10.7 Å². The molecule has 8 heteroatoms.